The number of benzene rings is 1. The molecule has 0 saturated carbocycles. The lowest BCUT2D eigenvalue weighted by molar-refractivity contribution is -0.136. The van der Waals surface area contributed by atoms with Gasteiger partial charge in [-0.2, -0.15) is 0 Å². The molecular formula is C11H9NO3. The minimum atomic E-state index is -0.883. The Labute approximate surface area is 86.7 Å². The lowest BCUT2D eigenvalue weighted by Crippen LogP contribution is -2.06. The molecule has 1 aromatic rings. The van der Waals surface area contributed by atoms with Crippen molar-refractivity contribution < 1.29 is 14.7 Å². The van der Waals surface area contributed by atoms with Crippen molar-refractivity contribution in [3.05, 3.63) is 35.4 Å². The van der Waals surface area contributed by atoms with Gasteiger partial charge in [-0.25, -0.2) is 0 Å². The molecule has 4 heteroatoms. The fourth-order valence-electron chi connectivity index (χ4n) is 1.01. The van der Waals surface area contributed by atoms with Gasteiger partial charge in [0.15, 0.2) is 0 Å². The standard InChI is InChI=1S/C11H9NO3/c12-10(13)6-5-8-1-3-9(4-2-8)7-11(14)15/h1-4H,7H2,(H2,12,13)(H,14,15). The molecule has 1 amide bonds. The molecule has 0 spiro atoms. The van der Waals surface area contributed by atoms with Gasteiger partial charge in [0.25, 0.3) is 5.91 Å². The number of hydrogen-bond acceptors (Lipinski definition) is 2. The Bertz CT molecular complexity index is 437. The minimum Gasteiger partial charge on any atom is -0.481 e. The Hall–Kier alpha value is -2.28. The van der Waals surface area contributed by atoms with Crippen molar-refractivity contribution in [3.8, 4) is 11.8 Å². The number of hydrogen-bond donors (Lipinski definition) is 2. The van der Waals surface area contributed by atoms with Gasteiger partial charge in [-0.05, 0) is 23.6 Å². The first-order chi connectivity index (χ1) is 7.08. The average molecular weight is 203 g/mol. The Kier molecular flexibility index (Phi) is 3.47. The molecule has 0 fully saturated rings. The Balaban J connectivity index is 2.78. The molecule has 0 aliphatic rings. The second-order valence-electron chi connectivity index (χ2n) is 2.88. The molecule has 0 aliphatic carbocycles. The highest BCUT2D eigenvalue weighted by molar-refractivity contribution is 5.92. The summed E-state index contributed by atoms with van der Waals surface area (Å²) < 4.78 is 0. The summed E-state index contributed by atoms with van der Waals surface area (Å²) in [6, 6.07) is 6.60. The van der Waals surface area contributed by atoms with Crippen LogP contribution in [0.3, 0.4) is 0 Å². The van der Waals surface area contributed by atoms with Crippen molar-refractivity contribution in [2.45, 2.75) is 6.42 Å². The number of nitrogens with two attached hydrogens (primary N) is 1. The maximum atomic E-state index is 10.4. The third-order valence-electron chi connectivity index (χ3n) is 1.64. The SMILES string of the molecule is NC(=O)C#Cc1ccc(CC(=O)O)cc1. The van der Waals surface area contributed by atoms with E-state index in [2.05, 4.69) is 11.8 Å². The van der Waals surface area contributed by atoms with E-state index in [1.165, 1.54) is 0 Å². The number of amides is 1. The van der Waals surface area contributed by atoms with Crippen molar-refractivity contribution in [1.82, 2.24) is 0 Å². The van der Waals surface area contributed by atoms with Crippen LogP contribution in [0.4, 0.5) is 0 Å². The fourth-order valence-corrected chi connectivity index (χ4v) is 1.01. The van der Waals surface area contributed by atoms with Crippen LogP contribution in [0.2, 0.25) is 0 Å². The van der Waals surface area contributed by atoms with Crippen molar-refractivity contribution in [2.75, 3.05) is 0 Å². The van der Waals surface area contributed by atoms with Crippen LogP contribution in [-0.2, 0) is 16.0 Å². The van der Waals surface area contributed by atoms with Crippen LogP contribution in [0.1, 0.15) is 11.1 Å². The minimum absolute atomic E-state index is 0.0243. The van der Waals surface area contributed by atoms with Gasteiger partial charge >= 0.3 is 5.97 Å². The highest BCUT2D eigenvalue weighted by Crippen LogP contribution is 2.03. The number of carboxylic acid groups (broad SMARTS) is 1. The molecule has 0 aromatic heterocycles. The average Bonchev–Trinajstić information content (AvgIpc) is 2.16. The van der Waals surface area contributed by atoms with Crippen LogP contribution in [0.5, 0.6) is 0 Å². The Morgan fingerprint density at radius 1 is 1.27 bits per heavy atom. The van der Waals surface area contributed by atoms with E-state index in [0.717, 1.165) is 0 Å². The molecule has 1 rings (SSSR count). The molecule has 15 heavy (non-hydrogen) atoms. The highest BCUT2D eigenvalue weighted by Gasteiger charge is 1.98. The first-order valence-electron chi connectivity index (χ1n) is 4.20. The molecule has 0 saturated heterocycles. The molecular weight excluding hydrogens is 194 g/mol. The molecule has 0 unspecified atom stereocenters. The summed E-state index contributed by atoms with van der Waals surface area (Å²) in [6.07, 6.45) is -0.0243. The molecule has 4 nitrogen and oxygen atoms in total. The van der Waals surface area contributed by atoms with Gasteiger partial charge in [-0.15, -0.1) is 0 Å². The normalized spacial score (nSPS) is 8.80. The van der Waals surface area contributed by atoms with Crippen LogP contribution in [0, 0.1) is 11.8 Å². The zero-order valence-electron chi connectivity index (χ0n) is 7.86. The summed E-state index contributed by atoms with van der Waals surface area (Å²) in [6.45, 7) is 0. The van der Waals surface area contributed by atoms with Crippen molar-refractivity contribution >= 4 is 11.9 Å². The molecule has 76 valence electrons. The number of aliphatic carboxylic acids is 1. The first-order valence-corrected chi connectivity index (χ1v) is 4.20. The second kappa shape index (κ2) is 4.82. The van der Waals surface area contributed by atoms with Gasteiger partial charge in [0.1, 0.15) is 0 Å². The van der Waals surface area contributed by atoms with E-state index in [4.69, 9.17) is 10.8 Å². The summed E-state index contributed by atoms with van der Waals surface area (Å²) in [5.74, 6) is 3.17. The second-order valence-corrected chi connectivity index (χ2v) is 2.88. The molecule has 0 heterocycles. The molecule has 0 radical (unpaired) electrons. The van der Waals surface area contributed by atoms with Crippen molar-refractivity contribution in [1.29, 1.82) is 0 Å². The van der Waals surface area contributed by atoms with E-state index in [9.17, 15) is 9.59 Å². The van der Waals surface area contributed by atoms with Gasteiger partial charge < -0.3 is 10.8 Å². The summed E-state index contributed by atoms with van der Waals surface area (Å²) in [4.78, 5) is 20.7. The maximum absolute atomic E-state index is 10.4. The zero-order chi connectivity index (χ0) is 11.3. The van der Waals surface area contributed by atoms with E-state index in [-0.39, 0.29) is 6.42 Å². The highest BCUT2D eigenvalue weighted by atomic mass is 16.4. The van der Waals surface area contributed by atoms with Gasteiger partial charge in [0, 0.05) is 5.56 Å². The Morgan fingerprint density at radius 3 is 2.33 bits per heavy atom. The molecule has 0 atom stereocenters. The van der Waals surface area contributed by atoms with Crippen LogP contribution in [-0.4, -0.2) is 17.0 Å². The van der Waals surface area contributed by atoms with Gasteiger partial charge in [-0.1, -0.05) is 18.1 Å². The lowest BCUT2D eigenvalue weighted by atomic mass is 10.1. The topological polar surface area (TPSA) is 80.4 Å². The summed E-state index contributed by atoms with van der Waals surface area (Å²) in [5, 5.41) is 8.52. The van der Waals surface area contributed by atoms with E-state index in [1.807, 2.05) is 0 Å². The van der Waals surface area contributed by atoms with Crippen LogP contribution < -0.4 is 5.73 Å². The predicted molar refractivity (Wildman–Crippen MR) is 53.9 cm³/mol. The van der Waals surface area contributed by atoms with E-state index in [0.29, 0.717) is 11.1 Å². The zero-order valence-corrected chi connectivity index (χ0v) is 7.86. The molecule has 3 N–H and O–H groups in total. The van der Waals surface area contributed by atoms with Gasteiger partial charge in [0.05, 0.1) is 6.42 Å². The van der Waals surface area contributed by atoms with Crippen LogP contribution >= 0.6 is 0 Å². The molecule has 0 bridgehead atoms. The fraction of sp³-hybridized carbons (Fsp3) is 0.0909. The number of carboxylic acids is 1. The first kappa shape index (κ1) is 10.8. The van der Waals surface area contributed by atoms with Crippen molar-refractivity contribution in [2.24, 2.45) is 5.73 Å². The predicted octanol–water partition coefficient (Wildman–Crippen LogP) is 0.151. The largest absolute Gasteiger partial charge is 0.481 e. The number of rotatable bonds is 2. The van der Waals surface area contributed by atoms with Crippen LogP contribution in [0.25, 0.3) is 0 Å². The summed E-state index contributed by atoms with van der Waals surface area (Å²) in [5.41, 5.74) is 6.16. The third kappa shape index (κ3) is 3.96. The summed E-state index contributed by atoms with van der Waals surface area (Å²) in [7, 11) is 0. The van der Waals surface area contributed by atoms with Crippen LogP contribution in [0.15, 0.2) is 24.3 Å². The molecule has 0 aliphatic heterocycles. The smallest absolute Gasteiger partial charge is 0.307 e. The molecule has 1 aromatic carbocycles. The summed E-state index contributed by atoms with van der Waals surface area (Å²) >= 11 is 0. The van der Waals surface area contributed by atoms with E-state index >= 15 is 0 Å². The van der Waals surface area contributed by atoms with E-state index < -0.39 is 11.9 Å². The van der Waals surface area contributed by atoms with Gasteiger partial charge in [0.2, 0.25) is 0 Å². The van der Waals surface area contributed by atoms with Crippen molar-refractivity contribution in [3.63, 3.8) is 0 Å². The monoisotopic (exact) mass is 203 g/mol. The quantitative estimate of drug-likeness (QED) is 0.671. The Morgan fingerprint density at radius 2 is 1.87 bits per heavy atom. The van der Waals surface area contributed by atoms with E-state index in [1.54, 1.807) is 24.3 Å². The number of primary amides is 1. The van der Waals surface area contributed by atoms with Gasteiger partial charge in [-0.3, -0.25) is 9.59 Å². The number of carbonyl (C=O) groups excluding carboxylic acids is 1. The third-order valence-corrected chi connectivity index (χ3v) is 1.64. The number of carbonyl (C=O) groups is 2. The maximum Gasteiger partial charge on any atom is 0.307 e. The lowest BCUT2D eigenvalue weighted by Gasteiger charge is -1.96.